The van der Waals surface area contributed by atoms with Crippen LogP contribution < -0.4 is 5.32 Å². The number of likely N-dealkylation sites (tertiary alicyclic amines) is 1. The fourth-order valence-corrected chi connectivity index (χ4v) is 2.62. The van der Waals surface area contributed by atoms with E-state index in [9.17, 15) is 0 Å². The summed E-state index contributed by atoms with van der Waals surface area (Å²) < 4.78 is 0. The molecule has 5 heteroatoms. The summed E-state index contributed by atoms with van der Waals surface area (Å²) in [6, 6.07) is 5.39. The Morgan fingerprint density at radius 2 is 2.21 bits per heavy atom. The lowest BCUT2D eigenvalue weighted by Gasteiger charge is -2.28. The van der Waals surface area contributed by atoms with Crippen LogP contribution in [0.5, 0.6) is 0 Å². The molecular weight excluding hydrogens is 260 g/mol. The zero-order chi connectivity index (χ0) is 13.7. The van der Waals surface area contributed by atoms with Crippen LogP contribution >= 0.6 is 11.6 Å². The van der Waals surface area contributed by atoms with E-state index in [1.165, 1.54) is 25.9 Å². The van der Waals surface area contributed by atoms with Crippen molar-refractivity contribution >= 4 is 17.4 Å². The number of anilines is 1. The molecule has 0 atom stereocenters. The van der Waals surface area contributed by atoms with Gasteiger partial charge in [0.25, 0.3) is 0 Å². The zero-order valence-corrected chi connectivity index (χ0v) is 12.0. The van der Waals surface area contributed by atoms with Gasteiger partial charge in [0.15, 0.2) is 0 Å². The standard InChI is InChI=1S/C14H19ClN4/c1-19-6-3-11(4-7-19)2-5-17-14-9-12(10-16)8-13(15)18-14/h8-9,11H,2-7H2,1H3,(H,17,18). The molecule has 1 aromatic rings. The number of piperidine rings is 1. The second-order valence-corrected chi connectivity index (χ2v) is 5.52. The Morgan fingerprint density at radius 1 is 1.47 bits per heavy atom. The minimum Gasteiger partial charge on any atom is -0.370 e. The number of halogens is 1. The number of nitrogens with one attached hydrogen (secondary N) is 1. The Hall–Kier alpha value is -1.31. The van der Waals surface area contributed by atoms with Gasteiger partial charge in [-0.15, -0.1) is 0 Å². The zero-order valence-electron chi connectivity index (χ0n) is 11.2. The van der Waals surface area contributed by atoms with Crippen molar-refractivity contribution in [2.45, 2.75) is 19.3 Å². The first kappa shape index (κ1) is 14.1. The van der Waals surface area contributed by atoms with E-state index in [0.717, 1.165) is 18.9 Å². The maximum atomic E-state index is 8.87. The van der Waals surface area contributed by atoms with Crippen LogP contribution in [0.15, 0.2) is 12.1 Å². The fraction of sp³-hybridized carbons (Fsp3) is 0.571. The molecule has 2 rings (SSSR count). The first-order valence-corrected chi connectivity index (χ1v) is 7.05. The molecule has 1 aliphatic heterocycles. The molecule has 0 bridgehead atoms. The maximum Gasteiger partial charge on any atom is 0.132 e. The van der Waals surface area contributed by atoms with E-state index in [4.69, 9.17) is 16.9 Å². The minimum atomic E-state index is 0.362. The van der Waals surface area contributed by atoms with Crippen molar-refractivity contribution in [2.24, 2.45) is 5.92 Å². The SMILES string of the molecule is CN1CCC(CCNc2cc(C#N)cc(Cl)n2)CC1. The van der Waals surface area contributed by atoms with Gasteiger partial charge in [0.2, 0.25) is 0 Å². The van der Waals surface area contributed by atoms with Gasteiger partial charge in [-0.1, -0.05) is 11.6 Å². The Bertz CT molecular complexity index is 461. The second kappa shape index (κ2) is 6.74. The Morgan fingerprint density at radius 3 is 2.89 bits per heavy atom. The van der Waals surface area contributed by atoms with E-state index >= 15 is 0 Å². The largest absolute Gasteiger partial charge is 0.370 e. The number of hydrogen-bond donors (Lipinski definition) is 1. The summed E-state index contributed by atoms with van der Waals surface area (Å²) in [7, 11) is 2.17. The van der Waals surface area contributed by atoms with Crippen molar-refractivity contribution in [1.29, 1.82) is 5.26 Å². The van der Waals surface area contributed by atoms with Crippen LogP contribution in [0.25, 0.3) is 0 Å². The Kier molecular flexibility index (Phi) is 5.00. The van der Waals surface area contributed by atoms with Gasteiger partial charge in [-0.25, -0.2) is 4.98 Å². The molecule has 19 heavy (non-hydrogen) atoms. The predicted octanol–water partition coefficient (Wildman–Crippen LogP) is 2.75. The molecule has 4 nitrogen and oxygen atoms in total. The smallest absolute Gasteiger partial charge is 0.132 e. The maximum absolute atomic E-state index is 8.87. The van der Waals surface area contributed by atoms with Crippen LogP contribution in [-0.2, 0) is 0 Å². The normalized spacial score (nSPS) is 17.1. The minimum absolute atomic E-state index is 0.362. The molecule has 0 radical (unpaired) electrons. The molecule has 1 aliphatic rings. The monoisotopic (exact) mass is 278 g/mol. The molecule has 0 amide bonds. The Labute approximate surface area is 119 Å². The van der Waals surface area contributed by atoms with E-state index in [1.807, 2.05) is 0 Å². The van der Waals surface area contributed by atoms with Gasteiger partial charge in [0.05, 0.1) is 11.6 Å². The van der Waals surface area contributed by atoms with Crippen molar-refractivity contribution in [1.82, 2.24) is 9.88 Å². The lowest BCUT2D eigenvalue weighted by atomic mass is 9.94. The van der Waals surface area contributed by atoms with Gasteiger partial charge in [-0.05, 0) is 57.5 Å². The summed E-state index contributed by atoms with van der Waals surface area (Å²) in [5.74, 6) is 1.48. The number of aromatic nitrogens is 1. The van der Waals surface area contributed by atoms with Crippen LogP contribution in [-0.4, -0.2) is 36.6 Å². The first-order valence-electron chi connectivity index (χ1n) is 6.67. The summed E-state index contributed by atoms with van der Waals surface area (Å²) in [6.07, 6.45) is 3.68. The third-order valence-electron chi connectivity index (χ3n) is 3.62. The van der Waals surface area contributed by atoms with Crippen molar-refractivity contribution < 1.29 is 0 Å². The van der Waals surface area contributed by atoms with Gasteiger partial charge >= 0.3 is 0 Å². The number of nitrogens with zero attached hydrogens (tertiary/aromatic N) is 3. The predicted molar refractivity (Wildman–Crippen MR) is 77.3 cm³/mol. The number of pyridine rings is 1. The van der Waals surface area contributed by atoms with Crippen molar-refractivity contribution in [2.75, 3.05) is 32.0 Å². The third kappa shape index (κ3) is 4.38. The molecule has 1 fully saturated rings. The summed E-state index contributed by atoms with van der Waals surface area (Å²) in [4.78, 5) is 6.55. The summed E-state index contributed by atoms with van der Waals surface area (Å²) in [5.41, 5.74) is 0.543. The van der Waals surface area contributed by atoms with Crippen LogP contribution in [0, 0.1) is 17.2 Å². The number of nitriles is 1. The number of hydrogen-bond acceptors (Lipinski definition) is 4. The molecule has 0 saturated carbocycles. The van der Waals surface area contributed by atoms with Gasteiger partial charge in [0, 0.05) is 6.54 Å². The highest BCUT2D eigenvalue weighted by molar-refractivity contribution is 6.29. The molecule has 0 aromatic carbocycles. The first-order chi connectivity index (χ1) is 9.17. The van der Waals surface area contributed by atoms with E-state index in [-0.39, 0.29) is 0 Å². The summed E-state index contributed by atoms with van der Waals surface area (Å²) in [6.45, 7) is 3.27. The van der Waals surface area contributed by atoms with Gasteiger partial charge in [-0.2, -0.15) is 5.26 Å². The molecule has 1 N–H and O–H groups in total. The van der Waals surface area contributed by atoms with E-state index in [0.29, 0.717) is 16.5 Å². The van der Waals surface area contributed by atoms with E-state index < -0.39 is 0 Å². The highest BCUT2D eigenvalue weighted by Crippen LogP contribution is 2.20. The van der Waals surface area contributed by atoms with Crippen molar-refractivity contribution in [3.8, 4) is 6.07 Å². The molecule has 2 heterocycles. The van der Waals surface area contributed by atoms with E-state index in [1.54, 1.807) is 12.1 Å². The summed E-state index contributed by atoms with van der Waals surface area (Å²) in [5, 5.41) is 12.5. The van der Waals surface area contributed by atoms with Gasteiger partial charge < -0.3 is 10.2 Å². The quantitative estimate of drug-likeness (QED) is 0.861. The summed E-state index contributed by atoms with van der Waals surface area (Å²) >= 11 is 5.86. The molecule has 0 spiro atoms. The highest BCUT2D eigenvalue weighted by Gasteiger charge is 2.16. The van der Waals surface area contributed by atoms with Gasteiger partial charge in [0.1, 0.15) is 11.0 Å². The van der Waals surface area contributed by atoms with Crippen LogP contribution in [0.3, 0.4) is 0 Å². The molecule has 0 unspecified atom stereocenters. The lowest BCUT2D eigenvalue weighted by Crippen LogP contribution is -2.30. The number of rotatable bonds is 4. The van der Waals surface area contributed by atoms with Crippen LogP contribution in [0.2, 0.25) is 5.15 Å². The topological polar surface area (TPSA) is 52.0 Å². The second-order valence-electron chi connectivity index (χ2n) is 5.14. The Balaban J connectivity index is 1.79. The highest BCUT2D eigenvalue weighted by atomic mass is 35.5. The average Bonchev–Trinajstić information content (AvgIpc) is 2.40. The molecule has 0 aliphatic carbocycles. The van der Waals surface area contributed by atoms with Crippen LogP contribution in [0.4, 0.5) is 5.82 Å². The molecule has 102 valence electrons. The molecule has 1 aromatic heterocycles. The fourth-order valence-electron chi connectivity index (χ4n) is 2.41. The lowest BCUT2D eigenvalue weighted by molar-refractivity contribution is 0.215. The van der Waals surface area contributed by atoms with Crippen molar-refractivity contribution in [3.05, 3.63) is 22.8 Å². The molecular formula is C14H19ClN4. The van der Waals surface area contributed by atoms with Crippen molar-refractivity contribution in [3.63, 3.8) is 0 Å². The van der Waals surface area contributed by atoms with Gasteiger partial charge in [-0.3, -0.25) is 0 Å². The van der Waals surface area contributed by atoms with Crippen LogP contribution in [0.1, 0.15) is 24.8 Å². The third-order valence-corrected chi connectivity index (χ3v) is 3.81. The average molecular weight is 279 g/mol. The van der Waals surface area contributed by atoms with E-state index in [2.05, 4.69) is 28.3 Å². The molecule has 1 saturated heterocycles.